The molecule has 0 atom stereocenters. The number of pyridine rings is 2. The quantitative estimate of drug-likeness (QED) is 0.195. The predicted molar refractivity (Wildman–Crippen MR) is 158 cm³/mol. The smallest absolute Gasteiger partial charge is 0.213 e. The lowest BCUT2D eigenvalue weighted by molar-refractivity contribution is -0.697. The second kappa shape index (κ2) is 11.7. The van der Waals surface area contributed by atoms with E-state index < -0.39 is 0 Å². The summed E-state index contributed by atoms with van der Waals surface area (Å²) in [7, 11) is 0. The maximum atomic E-state index is 2.50. The molecule has 38 heavy (non-hydrogen) atoms. The van der Waals surface area contributed by atoms with Crippen LogP contribution in [0.2, 0.25) is 0 Å². The Morgan fingerprint density at radius 2 is 1.45 bits per heavy atom. The van der Waals surface area contributed by atoms with E-state index in [4.69, 9.17) is 0 Å². The summed E-state index contributed by atoms with van der Waals surface area (Å²) in [5, 5.41) is 2.61. The van der Waals surface area contributed by atoms with Crippen LogP contribution in [0.15, 0.2) is 132 Å². The Bertz CT molecular complexity index is 1550. The Balaban J connectivity index is 1.25. The highest BCUT2D eigenvalue weighted by molar-refractivity contribution is 8.03. The minimum absolute atomic E-state index is 0.988. The molecule has 0 aliphatic carbocycles. The van der Waals surface area contributed by atoms with Crippen LogP contribution in [-0.4, -0.2) is 6.54 Å². The number of nitrogens with zero attached hydrogens (tertiary/aromatic N) is 3. The van der Waals surface area contributed by atoms with Gasteiger partial charge in [-0.1, -0.05) is 72.4 Å². The molecule has 6 rings (SSSR count). The number of aryl methyl sites for hydroxylation is 3. The average Bonchev–Trinajstić information content (AvgIpc) is 3.32. The molecule has 0 fully saturated rings. The van der Waals surface area contributed by atoms with E-state index >= 15 is 0 Å². The van der Waals surface area contributed by atoms with Crippen LogP contribution in [0.1, 0.15) is 24.0 Å². The minimum Gasteiger partial charge on any atom is -0.335 e. The molecule has 0 spiro atoms. The minimum atomic E-state index is 0.988. The van der Waals surface area contributed by atoms with Crippen molar-refractivity contribution < 1.29 is 9.13 Å². The van der Waals surface area contributed by atoms with E-state index in [1.165, 1.54) is 37.6 Å². The van der Waals surface area contributed by atoms with E-state index in [-0.39, 0.29) is 0 Å². The van der Waals surface area contributed by atoms with Crippen LogP contribution in [0.3, 0.4) is 0 Å². The first kappa shape index (κ1) is 24.4. The largest absolute Gasteiger partial charge is 0.335 e. The Morgan fingerprint density at radius 1 is 0.684 bits per heavy atom. The van der Waals surface area contributed by atoms with Crippen LogP contribution in [0.4, 0.5) is 5.69 Å². The molecule has 1 aliphatic rings. The van der Waals surface area contributed by atoms with E-state index in [1.807, 2.05) is 11.8 Å². The van der Waals surface area contributed by atoms with Crippen molar-refractivity contribution in [3.8, 4) is 0 Å². The standard InChI is InChI=1S/C34H33N3S/c1-3-13-28(14-4-1)15-11-24-36-26-20-29(30-16-5-6-17-31(30)36)27-34-37(32-18-7-8-19-33(32)38-34)25-12-23-35-21-9-2-10-22-35/h1-10,13-14,16-22,26-27H,11-12,15,23-25H2/q+2. The van der Waals surface area contributed by atoms with Gasteiger partial charge in [-0.25, -0.2) is 4.57 Å². The molecule has 0 saturated heterocycles. The number of fused-ring (bicyclic) bond motifs is 2. The molecule has 0 unspecified atom stereocenters. The Hall–Kier alpha value is -3.89. The number of anilines is 1. The van der Waals surface area contributed by atoms with Gasteiger partial charge in [0.2, 0.25) is 5.52 Å². The van der Waals surface area contributed by atoms with Gasteiger partial charge in [0.05, 0.1) is 16.1 Å². The normalized spacial score (nSPS) is 13.8. The van der Waals surface area contributed by atoms with Crippen molar-refractivity contribution in [2.75, 3.05) is 11.4 Å². The van der Waals surface area contributed by atoms with Crippen LogP contribution >= 0.6 is 11.8 Å². The summed E-state index contributed by atoms with van der Waals surface area (Å²) in [5.74, 6) is 0. The van der Waals surface area contributed by atoms with Crippen molar-refractivity contribution in [1.29, 1.82) is 0 Å². The van der Waals surface area contributed by atoms with Gasteiger partial charge in [-0.15, -0.1) is 0 Å². The van der Waals surface area contributed by atoms with E-state index in [1.54, 1.807) is 0 Å². The molecule has 0 saturated carbocycles. The fourth-order valence-corrected chi connectivity index (χ4v) is 6.39. The SMILES string of the molecule is C(=C1/Sc2ccccc2N1CCC[n+]1ccccc1)/c1cc[n+](CCCc2ccccc2)c2ccccc12. The summed E-state index contributed by atoms with van der Waals surface area (Å²) < 4.78 is 4.67. The molecule has 3 aromatic carbocycles. The van der Waals surface area contributed by atoms with E-state index in [0.29, 0.717) is 0 Å². The molecule has 3 nitrogen and oxygen atoms in total. The fourth-order valence-electron chi connectivity index (χ4n) is 5.25. The summed E-state index contributed by atoms with van der Waals surface area (Å²) in [6.45, 7) is 3.01. The monoisotopic (exact) mass is 515 g/mol. The topological polar surface area (TPSA) is 11.0 Å². The van der Waals surface area contributed by atoms with Crippen molar-refractivity contribution >= 4 is 34.4 Å². The first-order chi connectivity index (χ1) is 18.8. The summed E-state index contributed by atoms with van der Waals surface area (Å²) in [5.41, 5.74) is 5.29. The molecule has 0 radical (unpaired) electrons. The Kier molecular flexibility index (Phi) is 7.50. The Labute approximate surface area is 229 Å². The number of para-hydroxylation sites is 2. The lowest BCUT2D eigenvalue weighted by atomic mass is 10.1. The molecular formula is C34H33N3S+2. The zero-order chi connectivity index (χ0) is 25.6. The second-order valence-corrected chi connectivity index (χ2v) is 10.8. The molecule has 5 aromatic rings. The van der Waals surface area contributed by atoms with Gasteiger partial charge < -0.3 is 4.90 Å². The number of benzene rings is 3. The van der Waals surface area contributed by atoms with E-state index in [0.717, 1.165) is 38.9 Å². The van der Waals surface area contributed by atoms with Crippen LogP contribution in [-0.2, 0) is 19.5 Å². The lowest BCUT2D eigenvalue weighted by Crippen LogP contribution is -2.34. The van der Waals surface area contributed by atoms with Crippen molar-refractivity contribution in [2.24, 2.45) is 0 Å². The second-order valence-electron chi connectivity index (χ2n) is 9.74. The molecule has 0 amide bonds. The highest BCUT2D eigenvalue weighted by Crippen LogP contribution is 2.46. The first-order valence-corrected chi connectivity index (χ1v) is 14.3. The van der Waals surface area contributed by atoms with Crippen LogP contribution in [0.25, 0.3) is 17.0 Å². The molecule has 188 valence electrons. The highest BCUT2D eigenvalue weighted by Gasteiger charge is 2.25. The summed E-state index contributed by atoms with van der Waals surface area (Å²) in [6, 6.07) is 37.0. The number of rotatable bonds is 9. The third kappa shape index (κ3) is 5.51. The lowest BCUT2D eigenvalue weighted by Gasteiger charge is -2.20. The maximum absolute atomic E-state index is 2.50. The van der Waals surface area contributed by atoms with Gasteiger partial charge in [0, 0.05) is 48.5 Å². The third-order valence-electron chi connectivity index (χ3n) is 7.16. The zero-order valence-corrected chi connectivity index (χ0v) is 22.4. The molecule has 0 N–H and O–H groups in total. The number of hydrogen-bond acceptors (Lipinski definition) is 2. The van der Waals surface area contributed by atoms with Crippen molar-refractivity contribution in [1.82, 2.24) is 0 Å². The highest BCUT2D eigenvalue weighted by atomic mass is 32.2. The predicted octanol–water partition coefficient (Wildman–Crippen LogP) is 7.05. The maximum Gasteiger partial charge on any atom is 0.213 e. The van der Waals surface area contributed by atoms with Gasteiger partial charge in [0.25, 0.3) is 0 Å². The van der Waals surface area contributed by atoms with Gasteiger partial charge in [-0.05, 0) is 41.8 Å². The van der Waals surface area contributed by atoms with Gasteiger partial charge in [-0.3, -0.25) is 0 Å². The van der Waals surface area contributed by atoms with Crippen LogP contribution in [0.5, 0.6) is 0 Å². The molecular weight excluding hydrogens is 482 g/mol. The average molecular weight is 516 g/mol. The van der Waals surface area contributed by atoms with E-state index in [9.17, 15) is 0 Å². The molecule has 1 aliphatic heterocycles. The van der Waals surface area contributed by atoms with Gasteiger partial charge in [0.15, 0.2) is 18.6 Å². The molecule has 4 heteroatoms. The first-order valence-electron chi connectivity index (χ1n) is 13.5. The Morgan fingerprint density at radius 3 is 2.34 bits per heavy atom. The van der Waals surface area contributed by atoms with Crippen molar-refractivity contribution in [3.05, 3.63) is 138 Å². The summed E-state index contributed by atoms with van der Waals surface area (Å²) >= 11 is 1.88. The number of aromatic nitrogens is 2. The van der Waals surface area contributed by atoms with Gasteiger partial charge >= 0.3 is 0 Å². The molecule has 3 heterocycles. The number of thioether (sulfide) groups is 1. The molecule has 2 aromatic heterocycles. The van der Waals surface area contributed by atoms with Crippen molar-refractivity contribution in [2.45, 2.75) is 37.2 Å². The van der Waals surface area contributed by atoms with Crippen LogP contribution in [0, 0.1) is 0 Å². The summed E-state index contributed by atoms with van der Waals surface area (Å²) in [4.78, 5) is 3.83. The van der Waals surface area contributed by atoms with Crippen molar-refractivity contribution in [3.63, 3.8) is 0 Å². The van der Waals surface area contributed by atoms with Crippen LogP contribution < -0.4 is 14.0 Å². The third-order valence-corrected chi connectivity index (χ3v) is 8.27. The fraction of sp³-hybridized carbons (Fsp3) is 0.176. The number of hydrogen-bond donors (Lipinski definition) is 0. The molecule has 0 bridgehead atoms. The zero-order valence-electron chi connectivity index (χ0n) is 21.6. The van der Waals surface area contributed by atoms with Gasteiger partial charge in [0.1, 0.15) is 13.1 Å². The summed E-state index contributed by atoms with van der Waals surface area (Å²) in [6.07, 6.45) is 12.2. The van der Waals surface area contributed by atoms with E-state index in [2.05, 4.69) is 142 Å². The van der Waals surface area contributed by atoms with Gasteiger partial charge in [-0.2, -0.15) is 4.57 Å².